The van der Waals surface area contributed by atoms with Gasteiger partial charge in [0.15, 0.2) is 0 Å². The highest BCUT2D eigenvalue weighted by molar-refractivity contribution is 6.31. The number of fused-ring (bicyclic) bond motifs is 2. The Bertz CT molecular complexity index is 1040. The van der Waals surface area contributed by atoms with E-state index in [1.165, 1.54) is 5.56 Å². The van der Waals surface area contributed by atoms with Crippen LogP contribution in [0.25, 0.3) is 11.0 Å². The van der Waals surface area contributed by atoms with Crippen LogP contribution in [0.4, 0.5) is 0 Å². The standard InChI is InChI=1S/C22H24ClN3O2/c1-14-10-16-11-15(4-7-20(16)28-14)13-25(2)22(27)9-8-21-24-18-12-17(23)5-6-19(18)26(21)3/h4-7,11-12,14H,8-10,13H2,1-3H3. The average Bonchev–Trinajstić information content (AvgIpc) is 3.17. The van der Waals surface area contributed by atoms with E-state index in [2.05, 4.69) is 18.0 Å². The van der Waals surface area contributed by atoms with Crippen molar-refractivity contribution in [2.75, 3.05) is 7.05 Å². The third kappa shape index (κ3) is 3.72. The summed E-state index contributed by atoms with van der Waals surface area (Å²) in [5.74, 6) is 1.96. The summed E-state index contributed by atoms with van der Waals surface area (Å²) in [4.78, 5) is 19.0. The summed E-state index contributed by atoms with van der Waals surface area (Å²) in [6.07, 6.45) is 2.18. The molecule has 0 radical (unpaired) electrons. The van der Waals surface area contributed by atoms with Crippen molar-refractivity contribution in [2.45, 2.75) is 38.8 Å². The summed E-state index contributed by atoms with van der Waals surface area (Å²) in [5, 5.41) is 0.669. The largest absolute Gasteiger partial charge is 0.490 e. The van der Waals surface area contributed by atoms with Crippen LogP contribution < -0.4 is 4.74 Å². The van der Waals surface area contributed by atoms with Gasteiger partial charge in [0.05, 0.1) is 11.0 Å². The summed E-state index contributed by atoms with van der Waals surface area (Å²) >= 11 is 6.05. The van der Waals surface area contributed by atoms with Crippen molar-refractivity contribution < 1.29 is 9.53 Å². The normalized spacial score (nSPS) is 15.5. The topological polar surface area (TPSA) is 47.4 Å². The molecule has 0 N–H and O–H groups in total. The molecule has 2 heterocycles. The van der Waals surface area contributed by atoms with Crippen molar-refractivity contribution in [2.24, 2.45) is 7.05 Å². The number of benzene rings is 2. The van der Waals surface area contributed by atoms with Crippen molar-refractivity contribution in [3.63, 3.8) is 0 Å². The van der Waals surface area contributed by atoms with Crippen molar-refractivity contribution in [3.05, 3.63) is 58.4 Å². The molecule has 0 saturated carbocycles. The quantitative estimate of drug-likeness (QED) is 0.650. The SMILES string of the molecule is CC1Cc2cc(CN(C)C(=O)CCc3nc4cc(Cl)ccc4n3C)ccc2O1. The van der Waals surface area contributed by atoms with Gasteiger partial charge >= 0.3 is 0 Å². The van der Waals surface area contributed by atoms with Gasteiger partial charge in [0, 0.05) is 44.9 Å². The molecule has 5 nitrogen and oxygen atoms in total. The second kappa shape index (κ2) is 7.47. The zero-order valence-corrected chi connectivity index (χ0v) is 17.2. The molecule has 0 saturated heterocycles. The minimum atomic E-state index is 0.107. The summed E-state index contributed by atoms with van der Waals surface area (Å²) in [5.41, 5.74) is 4.24. The molecule has 1 aromatic heterocycles. The molecule has 1 amide bonds. The van der Waals surface area contributed by atoms with Crippen LogP contribution in [0, 0.1) is 0 Å². The maximum atomic E-state index is 12.6. The van der Waals surface area contributed by atoms with Gasteiger partial charge in [0.2, 0.25) is 5.91 Å². The van der Waals surface area contributed by atoms with E-state index in [-0.39, 0.29) is 12.0 Å². The van der Waals surface area contributed by atoms with Crippen molar-refractivity contribution in [1.29, 1.82) is 0 Å². The molecule has 0 fully saturated rings. The Balaban J connectivity index is 1.39. The minimum Gasteiger partial charge on any atom is -0.490 e. The molecule has 1 aliphatic heterocycles. The Morgan fingerprint density at radius 2 is 2.14 bits per heavy atom. The summed E-state index contributed by atoms with van der Waals surface area (Å²) in [7, 11) is 3.82. The lowest BCUT2D eigenvalue weighted by molar-refractivity contribution is -0.130. The van der Waals surface area contributed by atoms with Crippen LogP contribution in [0.2, 0.25) is 5.02 Å². The zero-order valence-electron chi connectivity index (χ0n) is 16.4. The molecule has 2 aromatic carbocycles. The first-order chi connectivity index (χ1) is 13.4. The fourth-order valence-corrected chi connectivity index (χ4v) is 3.96. The summed E-state index contributed by atoms with van der Waals surface area (Å²) in [6.45, 7) is 2.67. The van der Waals surface area contributed by atoms with Gasteiger partial charge in [-0.15, -0.1) is 0 Å². The van der Waals surface area contributed by atoms with E-state index in [4.69, 9.17) is 16.3 Å². The Morgan fingerprint density at radius 1 is 1.32 bits per heavy atom. The van der Waals surface area contributed by atoms with Gasteiger partial charge in [-0.25, -0.2) is 4.98 Å². The first-order valence-electron chi connectivity index (χ1n) is 9.54. The monoisotopic (exact) mass is 397 g/mol. The third-order valence-corrected chi connectivity index (χ3v) is 5.54. The van der Waals surface area contributed by atoms with E-state index >= 15 is 0 Å². The lowest BCUT2D eigenvalue weighted by Gasteiger charge is -2.17. The van der Waals surface area contributed by atoms with Gasteiger partial charge in [0.1, 0.15) is 17.7 Å². The molecular formula is C22H24ClN3O2. The fraction of sp³-hybridized carbons (Fsp3) is 0.364. The van der Waals surface area contributed by atoms with Gasteiger partial charge in [0.25, 0.3) is 0 Å². The highest BCUT2D eigenvalue weighted by atomic mass is 35.5. The number of hydrogen-bond donors (Lipinski definition) is 0. The van der Waals surface area contributed by atoms with Crippen molar-refractivity contribution >= 4 is 28.5 Å². The molecule has 6 heteroatoms. The first-order valence-corrected chi connectivity index (χ1v) is 9.92. The smallest absolute Gasteiger partial charge is 0.223 e. The number of nitrogens with zero attached hydrogens (tertiary/aromatic N) is 3. The highest BCUT2D eigenvalue weighted by Gasteiger charge is 2.20. The van der Waals surface area contributed by atoms with Gasteiger partial charge in [-0.05, 0) is 42.3 Å². The van der Waals surface area contributed by atoms with E-state index in [9.17, 15) is 4.79 Å². The number of carbonyl (C=O) groups excluding carboxylic acids is 1. The van der Waals surface area contributed by atoms with Crippen LogP contribution in [-0.2, 0) is 31.2 Å². The lowest BCUT2D eigenvalue weighted by atomic mass is 10.1. The van der Waals surface area contributed by atoms with E-state index in [1.807, 2.05) is 49.0 Å². The molecular weight excluding hydrogens is 374 g/mol. The molecule has 28 heavy (non-hydrogen) atoms. The molecule has 1 atom stereocenters. The maximum absolute atomic E-state index is 12.6. The predicted molar refractivity (Wildman–Crippen MR) is 111 cm³/mol. The van der Waals surface area contributed by atoms with Gasteiger partial charge in [-0.2, -0.15) is 0 Å². The van der Waals surface area contributed by atoms with Crippen LogP contribution in [-0.4, -0.2) is 33.5 Å². The second-order valence-corrected chi connectivity index (χ2v) is 7.98. The number of ether oxygens (including phenoxy) is 1. The van der Waals surface area contributed by atoms with Crippen LogP contribution in [0.5, 0.6) is 5.75 Å². The fourth-order valence-electron chi connectivity index (χ4n) is 3.79. The van der Waals surface area contributed by atoms with Crippen LogP contribution in [0.3, 0.4) is 0 Å². The number of aromatic nitrogens is 2. The van der Waals surface area contributed by atoms with Gasteiger partial charge in [-0.3, -0.25) is 4.79 Å². The van der Waals surface area contributed by atoms with Crippen LogP contribution in [0.15, 0.2) is 36.4 Å². The molecule has 1 unspecified atom stereocenters. The highest BCUT2D eigenvalue weighted by Crippen LogP contribution is 2.29. The Labute approximate surface area is 169 Å². The number of imidazole rings is 1. The predicted octanol–water partition coefficient (Wildman–Crippen LogP) is 4.14. The summed E-state index contributed by atoms with van der Waals surface area (Å²) in [6, 6.07) is 11.9. The van der Waals surface area contributed by atoms with Crippen molar-refractivity contribution in [1.82, 2.24) is 14.5 Å². The number of hydrogen-bond acceptors (Lipinski definition) is 3. The van der Waals surface area contributed by atoms with E-state index < -0.39 is 0 Å². The molecule has 0 bridgehead atoms. The molecule has 3 aromatic rings. The van der Waals surface area contributed by atoms with E-state index in [1.54, 1.807) is 4.90 Å². The minimum absolute atomic E-state index is 0.107. The van der Waals surface area contributed by atoms with Crippen LogP contribution >= 0.6 is 11.6 Å². The second-order valence-electron chi connectivity index (χ2n) is 7.54. The van der Waals surface area contributed by atoms with E-state index in [0.717, 1.165) is 34.6 Å². The first kappa shape index (κ1) is 18.8. The molecule has 4 rings (SSSR count). The van der Waals surface area contributed by atoms with Crippen LogP contribution in [0.1, 0.15) is 30.3 Å². The van der Waals surface area contributed by atoms with Gasteiger partial charge < -0.3 is 14.2 Å². The number of halogens is 1. The Morgan fingerprint density at radius 3 is 2.96 bits per heavy atom. The number of aryl methyl sites for hydroxylation is 2. The zero-order chi connectivity index (χ0) is 19.8. The molecule has 146 valence electrons. The number of amides is 1. The van der Waals surface area contributed by atoms with E-state index in [0.29, 0.717) is 24.4 Å². The summed E-state index contributed by atoms with van der Waals surface area (Å²) < 4.78 is 7.78. The number of carbonyl (C=O) groups is 1. The molecule has 1 aliphatic rings. The lowest BCUT2D eigenvalue weighted by Crippen LogP contribution is -2.26. The van der Waals surface area contributed by atoms with Crippen molar-refractivity contribution in [3.8, 4) is 5.75 Å². The molecule has 0 spiro atoms. The molecule has 0 aliphatic carbocycles. The Kier molecular flexibility index (Phi) is 5.02. The maximum Gasteiger partial charge on any atom is 0.223 e. The third-order valence-electron chi connectivity index (χ3n) is 5.30. The average molecular weight is 398 g/mol. The van der Waals surface area contributed by atoms with Gasteiger partial charge in [-0.1, -0.05) is 23.7 Å². The number of rotatable bonds is 5. The Hall–Kier alpha value is -2.53.